The van der Waals surface area contributed by atoms with Gasteiger partial charge in [0.2, 0.25) is 0 Å². The molecule has 1 aliphatic rings. The van der Waals surface area contributed by atoms with E-state index in [9.17, 15) is 0 Å². The molecule has 0 aliphatic carbocycles. The van der Waals surface area contributed by atoms with Crippen molar-refractivity contribution in [3.05, 3.63) is 35.0 Å². The highest BCUT2D eigenvalue weighted by Gasteiger charge is 2.33. The van der Waals surface area contributed by atoms with Crippen LogP contribution in [0.3, 0.4) is 0 Å². The summed E-state index contributed by atoms with van der Waals surface area (Å²) in [5.41, 5.74) is 2.63. The van der Waals surface area contributed by atoms with Crippen LogP contribution in [0, 0.1) is 5.41 Å². The topological polar surface area (TPSA) is 22.3 Å². The Balaban J connectivity index is 1.71. The zero-order chi connectivity index (χ0) is 15.0. The maximum absolute atomic E-state index is 6.51. The molecular formula is C17H24ClN3. The normalized spacial score (nSPS) is 23.5. The summed E-state index contributed by atoms with van der Waals surface area (Å²) in [5, 5.41) is 1.99. The molecule has 114 valence electrons. The summed E-state index contributed by atoms with van der Waals surface area (Å²) < 4.78 is 0. The van der Waals surface area contributed by atoms with E-state index in [0.29, 0.717) is 5.41 Å². The fourth-order valence-corrected chi connectivity index (χ4v) is 3.92. The summed E-state index contributed by atoms with van der Waals surface area (Å²) in [4.78, 5) is 8.26. The molecule has 0 radical (unpaired) electrons. The second-order valence-electron chi connectivity index (χ2n) is 6.93. The van der Waals surface area contributed by atoms with Crippen molar-refractivity contribution >= 4 is 22.5 Å². The molecule has 1 aliphatic heterocycles. The zero-order valence-electron chi connectivity index (χ0n) is 13.1. The molecule has 0 bridgehead atoms. The highest BCUT2D eigenvalue weighted by molar-refractivity contribution is 6.36. The van der Waals surface area contributed by atoms with E-state index in [4.69, 9.17) is 11.6 Å². The SMILES string of the molecule is CN1CCC(C)(CN(C)Cc2[nH]c3ccccc3c2Cl)C1. The summed E-state index contributed by atoms with van der Waals surface area (Å²) in [6, 6.07) is 8.23. The van der Waals surface area contributed by atoms with E-state index in [-0.39, 0.29) is 0 Å². The number of para-hydroxylation sites is 1. The number of halogens is 1. The first-order chi connectivity index (χ1) is 9.97. The van der Waals surface area contributed by atoms with Crippen LogP contribution in [0.5, 0.6) is 0 Å². The molecule has 21 heavy (non-hydrogen) atoms. The molecule has 1 fully saturated rings. The fourth-order valence-electron chi connectivity index (χ4n) is 3.65. The lowest BCUT2D eigenvalue weighted by atomic mass is 9.89. The van der Waals surface area contributed by atoms with Crippen molar-refractivity contribution in [2.75, 3.05) is 33.7 Å². The average molecular weight is 306 g/mol. The number of nitrogens with one attached hydrogen (secondary N) is 1. The van der Waals surface area contributed by atoms with Crippen LogP contribution in [0.15, 0.2) is 24.3 Å². The van der Waals surface area contributed by atoms with Crippen LogP contribution in [0.2, 0.25) is 5.02 Å². The number of hydrogen-bond donors (Lipinski definition) is 1. The number of aromatic nitrogens is 1. The van der Waals surface area contributed by atoms with Gasteiger partial charge in [0.1, 0.15) is 0 Å². The summed E-state index contributed by atoms with van der Waals surface area (Å²) in [6.45, 7) is 6.74. The Morgan fingerprint density at radius 1 is 1.38 bits per heavy atom. The van der Waals surface area contributed by atoms with Gasteiger partial charge in [0.05, 0.1) is 5.02 Å². The van der Waals surface area contributed by atoms with Gasteiger partial charge < -0.3 is 9.88 Å². The van der Waals surface area contributed by atoms with Crippen molar-refractivity contribution in [2.24, 2.45) is 5.41 Å². The number of benzene rings is 1. The summed E-state index contributed by atoms with van der Waals surface area (Å²) >= 11 is 6.51. The predicted octanol–water partition coefficient (Wildman–Crippen LogP) is 3.59. The Kier molecular flexibility index (Phi) is 4.00. The molecule has 1 aromatic carbocycles. The fraction of sp³-hybridized carbons (Fsp3) is 0.529. The van der Waals surface area contributed by atoms with Gasteiger partial charge in [0.15, 0.2) is 0 Å². The molecule has 1 saturated heterocycles. The van der Waals surface area contributed by atoms with E-state index in [1.807, 2.05) is 12.1 Å². The molecule has 1 aromatic heterocycles. The average Bonchev–Trinajstić information content (AvgIpc) is 2.91. The van der Waals surface area contributed by atoms with Crippen LogP contribution in [-0.2, 0) is 6.54 Å². The van der Waals surface area contributed by atoms with Crippen molar-refractivity contribution in [1.82, 2.24) is 14.8 Å². The van der Waals surface area contributed by atoms with E-state index in [1.165, 1.54) is 19.5 Å². The third-order valence-electron chi connectivity index (χ3n) is 4.54. The lowest BCUT2D eigenvalue weighted by molar-refractivity contribution is 0.189. The third kappa shape index (κ3) is 3.10. The first-order valence-corrected chi connectivity index (χ1v) is 7.97. The number of nitrogens with zero attached hydrogens (tertiary/aromatic N) is 2. The van der Waals surface area contributed by atoms with Gasteiger partial charge in [0.25, 0.3) is 0 Å². The standard InChI is InChI=1S/C17H24ClN3/c1-17(8-9-20(2)11-17)12-21(3)10-15-16(18)13-6-4-5-7-14(13)19-15/h4-7,19H,8-12H2,1-3H3. The molecule has 3 nitrogen and oxygen atoms in total. The Morgan fingerprint density at radius 2 is 2.14 bits per heavy atom. The van der Waals surface area contributed by atoms with Crippen LogP contribution < -0.4 is 0 Å². The highest BCUT2D eigenvalue weighted by atomic mass is 35.5. The van der Waals surface area contributed by atoms with Gasteiger partial charge in [-0.2, -0.15) is 0 Å². The molecule has 2 heterocycles. The number of hydrogen-bond acceptors (Lipinski definition) is 2. The molecule has 3 rings (SSSR count). The van der Waals surface area contributed by atoms with Crippen LogP contribution in [0.4, 0.5) is 0 Å². The Bertz CT molecular complexity index is 636. The van der Waals surface area contributed by atoms with Crippen molar-refractivity contribution in [1.29, 1.82) is 0 Å². The summed E-state index contributed by atoms with van der Waals surface area (Å²) in [5.74, 6) is 0. The molecule has 1 unspecified atom stereocenters. The molecule has 2 aromatic rings. The smallest absolute Gasteiger partial charge is 0.0705 e. The van der Waals surface area contributed by atoms with Crippen molar-refractivity contribution in [2.45, 2.75) is 19.9 Å². The minimum absolute atomic E-state index is 0.391. The zero-order valence-corrected chi connectivity index (χ0v) is 13.9. The number of rotatable bonds is 4. The Hall–Kier alpha value is -1.03. The lowest BCUT2D eigenvalue weighted by Crippen LogP contribution is -2.35. The Morgan fingerprint density at radius 3 is 2.81 bits per heavy atom. The third-order valence-corrected chi connectivity index (χ3v) is 4.97. The largest absolute Gasteiger partial charge is 0.356 e. The van der Waals surface area contributed by atoms with Gasteiger partial charge in [-0.1, -0.05) is 36.7 Å². The molecule has 4 heteroatoms. The summed E-state index contributed by atoms with van der Waals surface area (Å²) in [6.07, 6.45) is 1.27. The highest BCUT2D eigenvalue weighted by Crippen LogP contribution is 2.31. The van der Waals surface area contributed by atoms with Gasteiger partial charge in [-0.25, -0.2) is 0 Å². The van der Waals surface area contributed by atoms with Gasteiger partial charge in [-0.15, -0.1) is 0 Å². The van der Waals surface area contributed by atoms with Gasteiger partial charge in [-0.3, -0.25) is 4.90 Å². The van der Waals surface area contributed by atoms with E-state index in [1.54, 1.807) is 0 Å². The van der Waals surface area contributed by atoms with Crippen LogP contribution >= 0.6 is 11.6 Å². The molecule has 0 spiro atoms. The molecule has 0 saturated carbocycles. The minimum atomic E-state index is 0.391. The van der Waals surface area contributed by atoms with Gasteiger partial charge >= 0.3 is 0 Å². The van der Waals surface area contributed by atoms with E-state index >= 15 is 0 Å². The molecule has 1 N–H and O–H groups in total. The maximum atomic E-state index is 6.51. The van der Waals surface area contributed by atoms with Crippen molar-refractivity contribution in [3.63, 3.8) is 0 Å². The number of aromatic amines is 1. The van der Waals surface area contributed by atoms with Crippen molar-refractivity contribution < 1.29 is 0 Å². The van der Waals surface area contributed by atoms with E-state index in [2.05, 4.69) is 47.9 Å². The summed E-state index contributed by atoms with van der Waals surface area (Å²) in [7, 11) is 4.39. The Labute approximate surface area is 131 Å². The van der Waals surface area contributed by atoms with Crippen LogP contribution in [0.25, 0.3) is 10.9 Å². The molecule has 1 atom stereocenters. The second-order valence-corrected chi connectivity index (χ2v) is 7.31. The van der Waals surface area contributed by atoms with Crippen molar-refractivity contribution in [3.8, 4) is 0 Å². The van der Waals surface area contributed by atoms with E-state index < -0.39 is 0 Å². The number of fused-ring (bicyclic) bond motifs is 1. The van der Waals surface area contributed by atoms with Gasteiger partial charge in [-0.05, 0) is 38.5 Å². The number of H-pyrrole nitrogens is 1. The monoisotopic (exact) mass is 305 g/mol. The molecule has 0 amide bonds. The van der Waals surface area contributed by atoms with E-state index in [0.717, 1.165) is 34.7 Å². The minimum Gasteiger partial charge on any atom is -0.356 e. The quantitative estimate of drug-likeness (QED) is 0.932. The number of likely N-dealkylation sites (tertiary alicyclic amines) is 1. The maximum Gasteiger partial charge on any atom is 0.0705 e. The second kappa shape index (κ2) is 5.64. The first kappa shape index (κ1) is 14.9. The molecular weight excluding hydrogens is 282 g/mol. The van der Waals surface area contributed by atoms with Crippen LogP contribution in [0.1, 0.15) is 19.0 Å². The predicted molar refractivity (Wildman–Crippen MR) is 89.9 cm³/mol. The first-order valence-electron chi connectivity index (χ1n) is 7.59. The van der Waals surface area contributed by atoms with Crippen LogP contribution in [-0.4, -0.2) is 48.5 Å². The lowest BCUT2D eigenvalue weighted by Gasteiger charge is -2.29. The van der Waals surface area contributed by atoms with Gasteiger partial charge in [0, 0.05) is 36.2 Å².